The minimum atomic E-state index is -0.568. The van der Waals surface area contributed by atoms with E-state index in [-0.39, 0.29) is 30.2 Å². The normalized spacial score (nSPS) is 9.95. The van der Waals surface area contributed by atoms with Crippen molar-refractivity contribution >= 4 is 17.6 Å². The van der Waals surface area contributed by atoms with Gasteiger partial charge >= 0.3 is 5.97 Å². The molecule has 0 fully saturated rings. The highest BCUT2D eigenvalue weighted by molar-refractivity contribution is 5.94. The smallest absolute Gasteiger partial charge is 0.307 e. The van der Waals surface area contributed by atoms with Crippen molar-refractivity contribution in [2.75, 3.05) is 13.2 Å². The lowest BCUT2D eigenvalue weighted by atomic mass is 10.2. The van der Waals surface area contributed by atoms with Crippen molar-refractivity contribution < 1.29 is 19.2 Å². The van der Waals surface area contributed by atoms with Crippen LogP contribution in [0.5, 0.6) is 0 Å². The molecule has 0 radical (unpaired) electrons. The van der Waals surface area contributed by atoms with E-state index in [1.165, 1.54) is 24.3 Å². The fourth-order valence-corrected chi connectivity index (χ4v) is 1.54. The van der Waals surface area contributed by atoms with Crippen molar-refractivity contribution in [2.45, 2.75) is 26.2 Å². The Hall–Kier alpha value is -2.44. The Morgan fingerprint density at radius 2 is 2.14 bits per heavy atom. The van der Waals surface area contributed by atoms with Gasteiger partial charge in [0.15, 0.2) is 0 Å². The summed E-state index contributed by atoms with van der Waals surface area (Å²) in [6.07, 6.45) is 1.83. The number of nitro groups is 1. The molecule has 0 aliphatic heterocycles. The van der Waals surface area contributed by atoms with Gasteiger partial charge in [0, 0.05) is 24.2 Å². The van der Waals surface area contributed by atoms with Crippen LogP contribution in [0, 0.1) is 10.1 Å². The molecule has 0 spiro atoms. The van der Waals surface area contributed by atoms with Crippen LogP contribution in [-0.4, -0.2) is 30.0 Å². The number of hydrogen-bond donors (Lipinski definition) is 1. The molecule has 0 saturated heterocycles. The first kappa shape index (κ1) is 16.6. The molecule has 0 aromatic heterocycles. The number of non-ortho nitro benzene ring substituents is 1. The Balaban J connectivity index is 2.38. The van der Waals surface area contributed by atoms with Gasteiger partial charge in [-0.1, -0.05) is 19.4 Å². The molecule has 0 unspecified atom stereocenters. The summed E-state index contributed by atoms with van der Waals surface area (Å²) in [6.45, 7) is 2.51. The fourth-order valence-electron chi connectivity index (χ4n) is 1.54. The SMILES string of the molecule is CCCCOC(=O)CCNC(=O)c1cccc([N+](=O)[O-])c1. The molecule has 114 valence electrons. The molecule has 1 aromatic carbocycles. The summed E-state index contributed by atoms with van der Waals surface area (Å²) in [5.74, 6) is -0.831. The van der Waals surface area contributed by atoms with Crippen LogP contribution >= 0.6 is 0 Å². The van der Waals surface area contributed by atoms with Crippen LogP contribution in [0.2, 0.25) is 0 Å². The molecule has 21 heavy (non-hydrogen) atoms. The number of nitro benzene ring substituents is 1. The number of hydrogen-bond acceptors (Lipinski definition) is 5. The molecule has 1 amide bonds. The van der Waals surface area contributed by atoms with Gasteiger partial charge in [-0.15, -0.1) is 0 Å². The second-order valence-corrected chi connectivity index (χ2v) is 4.39. The summed E-state index contributed by atoms with van der Waals surface area (Å²) in [5, 5.41) is 13.1. The van der Waals surface area contributed by atoms with Crippen LogP contribution in [-0.2, 0) is 9.53 Å². The Bertz CT molecular complexity index is 516. The van der Waals surface area contributed by atoms with Gasteiger partial charge in [0.05, 0.1) is 18.0 Å². The first-order chi connectivity index (χ1) is 10.0. The van der Waals surface area contributed by atoms with Crippen LogP contribution in [0.25, 0.3) is 0 Å². The number of ether oxygens (including phenoxy) is 1. The highest BCUT2D eigenvalue weighted by atomic mass is 16.6. The van der Waals surface area contributed by atoms with E-state index < -0.39 is 10.8 Å². The van der Waals surface area contributed by atoms with Crippen LogP contribution in [0.3, 0.4) is 0 Å². The lowest BCUT2D eigenvalue weighted by molar-refractivity contribution is -0.384. The van der Waals surface area contributed by atoms with E-state index in [0.29, 0.717) is 6.61 Å². The van der Waals surface area contributed by atoms with Gasteiger partial charge < -0.3 is 10.1 Å². The van der Waals surface area contributed by atoms with Gasteiger partial charge in [0.2, 0.25) is 0 Å². The Morgan fingerprint density at radius 3 is 2.81 bits per heavy atom. The number of amides is 1. The van der Waals surface area contributed by atoms with Gasteiger partial charge in [-0.2, -0.15) is 0 Å². The van der Waals surface area contributed by atoms with E-state index >= 15 is 0 Å². The number of nitrogens with one attached hydrogen (secondary N) is 1. The van der Waals surface area contributed by atoms with Crippen LogP contribution in [0.15, 0.2) is 24.3 Å². The largest absolute Gasteiger partial charge is 0.466 e. The van der Waals surface area contributed by atoms with Gasteiger partial charge in [0.25, 0.3) is 11.6 Å². The van der Waals surface area contributed by atoms with E-state index in [2.05, 4.69) is 5.32 Å². The molecule has 7 nitrogen and oxygen atoms in total. The maximum Gasteiger partial charge on any atom is 0.307 e. The van der Waals surface area contributed by atoms with Crippen molar-refractivity contribution in [2.24, 2.45) is 0 Å². The van der Waals surface area contributed by atoms with Crippen LogP contribution in [0.1, 0.15) is 36.5 Å². The minimum Gasteiger partial charge on any atom is -0.466 e. The molecule has 0 atom stereocenters. The average molecular weight is 294 g/mol. The number of carbonyl (C=O) groups is 2. The third kappa shape index (κ3) is 6.03. The van der Waals surface area contributed by atoms with Gasteiger partial charge in [-0.05, 0) is 12.5 Å². The molecule has 0 saturated carbocycles. The Kier molecular flexibility index (Phi) is 6.86. The van der Waals surface area contributed by atoms with Crippen molar-refractivity contribution in [1.29, 1.82) is 0 Å². The molecular formula is C14H18N2O5. The van der Waals surface area contributed by atoms with Crippen molar-refractivity contribution in [3.05, 3.63) is 39.9 Å². The van der Waals surface area contributed by atoms with Crippen LogP contribution < -0.4 is 5.32 Å². The molecule has 0 heterocycles. The number of nitrogens with zero attached hydrogens (tertiary/aromatic N) is 1. The minimum absolute atomic E-state index is 0.0738. The van der Waals surface area contributed by atoms with E-state index in [1.54, 1.807) is 0 Å². The molecule has 1 rings (SSSR count). The maximum atomic E-state index is 11.8. The predicted molar refractivity (Wildman–Crippen MR) is 75.9 cm³/mol. The fraction of sp³-hybridized carbons (Fsp3) is 0.429. The molecule has 0 aliphatic carbocycles. The first-order valence-corrected chi connectivity index (χ1v) is 6.73. The number of benzene rings is 1. The summed E-state index contributed by atoms with van der Waals surface area (Å²) >= 11 is 0. The van der Waals surface area contributed by atoms with E-state index in [1.807, 2.05) is 6.92 Å². The van der Waals surface area contributed by atoms with E-state index in [0.717, 1.165) is 12.8 Å². The lowest BCUT2D eigenvalue weighted by Gasteiger charge is -2.06. The zero-order valence-corrected chi connectivity index (χ0v) is 11.8. The monoisotopic (exact) mass is 294 g/mol. The first-order valence-electron chi connectivity index (χ1n) is 6.73. The summed E-state index contributed by atoms with van der Waals surface area (Å²) in [4.78, 5) is 33.1. The van der Waals surface area contributed by atoms with Gasteiger partial charge in [-0.25, -0.2) is 0 Å². The number of esters is 1. The van der Waals surface area contributed by atoms with Crippen molar-refractivity contribution in [3.63, 3.8) is 0 Å². The summed E-state index contributed by atoms with van der Waals surface area (Å²) in [5.41, 5.74) is 0.0326. The second-order valence-electron chi connectivity index (χ2n) is 4.39. The lowest BCUT2D eigenvalue weighted by Crippen LogP contribution is -2.26. The van der Waals surface area contributed by atoms with Gasteiger partial charge in [-0.3, -0.25) is 19.7 Å². The Labute approximate surface area is 122 Å². The number of rotatable bonds is 8. The molecule has 0 bridgehead atoms. The maximum absolute atomic E-state index is 11.8. The highest BCUT2D eigenvalue weighted by Crippen LogP contribution is 2.12. The summed E-state index contributed by atoms with van der Waals surface area (Å²) < 4.78 is 4.94. The van der Waals surface area contributed by atoms with Gasteiger partial charge in [0.1, 0.15) is 0 Å². The molecule has 0 aliphatic rings. The van der Waals surface area contributed by atoms with Crippen molar-refractivity contribution in [1.82, 2.24) is 5.32 Å². The van der Waals surface area contributed by atoms with Crippen molar-refractivity contribution in [3.8, 4) is 0 Å². The Morgan fingerprint density at radius 1 is 1.38 bits per heavy atom. The summed E-state index contributed by atoms with van der Waals surface area (Å²) in [7, 11) is 0. The summed E-state index contributed by atoms with van der Waals surface area (Å²) in [6, 6.07) is 5.41. The molecular weight excluding hydrogens is 276 g/mol. The molecule has 1 aromatic rings. The zero-order valence-electron chi connectivity index (χ0n) is 11.8. The zero-order chi connectivity index (χ0) is 15.7. The second kappa shape index (κ2) is 8.68. The quantitative estimate of drug-likeness (QED) is 0.342. The predicted octanol–water partition coefficient (Wildman–Crippen LogP) is 2.06. The van der Waals surface area contributed by atoms with E-state index in [9.17, 15) is 19.7 Å². The molecule has 7 heteroatoms. The average Bonchev–Trinajstić information content (AvgIpc) is 2.47. The molecule has 1 N–H and O–H groups in total. The standard InChI is InChI=1S/C14H18N2O5/c1-2-3-9-21-13(17)7-8-15-14(18)11-5-4-6-12(10-11)16(19)20/h4-6,10H,2-3,7-9H2,1H3,(H,15,18). The number of unbranched alkanes of at least 4 members (excludes halogenated alkanes) is 1. The van der Waals surface area contributed by atoms with Crippen LogP contribution in [0.4, 0.5) is 5.69 Å². The third-order valence-electron chi connectivity index (χ3n) is 2.69. The van der Waals surface area contributed by atoms with E-state index in [4.69, 9.17) is 4.74 Å². The highest BCUT2D eigenvalue weighted by Gasteiger charge is 2.11. The third-order valence-corrected chi connectivity index (χ3v) is 2.69. The topological polar surface area (TPSA) is 98.5 Å². The number of carbonyl (C=O) groups excluding carboxylic acids is 2.